The minimum Gasteiger partial charge on any atom is -0.345 e. The third kappa shape index (κ3) is 4.25. The van der Waals surface area contributed by atoms with E-state index in [2.05, 4.69) is 25.4 Å². The summed E-state index contributed by atoms with van der Waals surface area (Å²) in [5.74, 6) is -0.960. The van der Waals surface area contributed by atoms with E-state index in [0.717, 1.165) is 70.3 Å². The van der Waals surface area contributed by atoms with Crippen LogP contribution in [-0.4, -0.2) is 57.2 Å². The first-order valence-electron chi connectivity index (χ1n) is 13.1. The number of likely N-dealkylation sites (tertiary alicyclic amines) is 1. The van der Waals surface area contributed by atoms with Crippen molar-refractivity contribution in [1.29, 1.82) is 0 Å². The van der Waals surface area contributed by atoms with E-state index in [1.807, 2.05) is 11.0 Å². The highest BCUT2D eigenvalue weighted by atomic mass is 19.3. The molecule has 2 atom stereocenters. The van der Waals surface area contributed by atoms with Crippen molar-refractivity contribution < 1.29 is 13.6 Å². The quantitative estimate of drug-likeness (QED) is 0.587. The average molecular weight is 486 g/mol. The number of anilines is 3. The first kappa shape index (κ1) is 22.7. The Morgan fingerprint density at radius 3 is 2.74 bits per heavy atom. The van der Waals surface area contributed by atoms with E-state index < -0.39 is 5.92 Å². The summed E-state index contributed by atoms with van der Waals surface area (Å²) in [5.41, 5.74) is 1.39. The molecule has 35 heavy (non-hydrogen) atoms. The maximum absolute atomic E-state index is 14.9. The molecule has 2 unspecified atom stereocenters. The lowest BCUT2D eigenvalue weighted by Gasteiger charge is -2.37. The predicted octanol–water partition coefficient (Wildman–Crippen LogP) is 4.48. The van der Waals surface area contributed by atoms with Crippen LogP contribution >= 0.6 is 0 Å². The number of hydrogen-bond donors (Lipinski definition) is 2. The van der Waals surface area contributed by atoms with Gasteiger partial charge in [-0.05, 0) is 50.9 Å². The van der Waals surface area contributed by atoms with Gasteiger partial charge < -0.3 is 15.1 Å². The Hall–Kier alpha value is -2.78. The molecule has 4 aliphatic rings. The van der Waals surface area contributed by atoms with Gasteiger partial charge in [0, 0.05) is 49.8 Å². The Morgan fingerprint density at radius 2 is 1.91 bits per heavy atom. The van der Waals surface area contributed by atoms with Crippen molar-refractivity contribution in [2.24, 2.45) is 5.92 Å². The van der Waals surface area contributed by atoms with Gasteiger partial charge in [0.25, 0.3) is 5.92 Å². The van der Waals surface area contributed by atoms with Crippen LogP contribution in [0.2, 0.25) is 0 Å². The van der Waals surface area contributed by atoms with E-state index in [1.54, 1.807) is 0 Å². The maximum atomic E-state index is 14.9. The predicted molar refractivity (Wildman–Crippen MR) is 128 cm³/mol. The van der Waals surface area contributed by atoms with E-state index in [9.17, 15) is 13.6 Å². The van der Waals surface area contributed by atoms with E-state index in [4.69, 9.17) is 4.98 Å². The number of halogens is 2. The Labute approximate surface area is 203 Å². The summed E-state index contributed by atoms with van der Waals surface area (Å²) in [5, 5.41) is 10.6. The fourth-order valence-corrected chi connectivity index (χ4v) is 6.63. The SMILES string of the molecule is O=CN1CCCC(C2CCCN2c2nc3c(c(Nc4cc(C5CCCC5)[nH]n4)n2)C(F)(F)CC3)C1. The van der Waals surface area contributed by atoms with Crippen molar-refractivity contribution in [3.05, 3.63) is 23.0 Å². The third-order valence-electron chi connectivity index (χ3n) is 8.39. The van der Waals surface area contributed by atoms with Crippen LogP contribution in [0.25, 0.3) is 0 Å². The smallest absolute Gasteiger partial charge is 0.278 e. The van der Waals surface area contributed by atoms with Gasteiger partial charge in [-0.15, -0.1) is 0 Å². The summed E-state index contributed by atoms with van der Waals surface area (Å²) in [6.07, 6.45) is 9.66. The molecule has 1 saturated carbocycles. The number of nitrogens with zero attached hydrogens (tertiary/aromatic N) is 5. The van der Waals surface area contributed by atoms with Crippen molar-refractivity contribution in [2.75, 3.05) is 29.9 Å². The first-order chi connectivity index (χ1) is 17.0. The molecule has 10 heteroatoms. The van der Waals surface area contributed by atoms with Crippen molar-refractivity contribution in [1.82, 2.24) is 25.1 Å². The number of aryl methyl sites for hydroxylation is 1. The van der Waals surface area contributed by atoms with E-state index in [0.29, 0.717) is 29.3 Å². The van der Waals surface area contributed by atoms with Crippen molar-refractivity contribution in [3.63, 3.8) is 0 Å². The van der Waals surface area contributed by atoms with Gasteiger partial charge in [0.2, 0.25) is 12.4 Å². The highest BCUT2D eigenvalue weighted by molar-refractivity contribution is 5.62. The maximum Gasteiger partial charge on any atom is 0.278 e. The molecule has 6 rings (SSSR count). The topological polar surface area (TPSA) is 90.0 Å². The molecule has 0 radical (unpaired) electrons. The van der Waals surface area contributed by atoms with Gasteiger partial charge in [-0.25, -0.2) is 13.8 Å². The second-order valence-electron chi connectivity index (χ2n) is 10.6. The monoisotopic (exact) mass is 485 g/mol. The summed E-state index contributed by atoms with van der Waals surface area (Å²) >= 11 is 0. The summed E-state index contributed by atoms with van der Waals surface area (Å²) < 4.78 is 29.8. The number of piperidine rings is 1. The van der Waals surface area contributed by atoms with E-state index in [-0.39, 0.29) is 30.3 Å². The fourth-order valence-electron chi connectivity index (χ4n) is 6.63. The molecular formula is C25H33F2N7O. The average Bonchev–Trinajstić information content (AvgIpc) is 3.66. The zero-order valence-corrected chi connectivity index (χ0v) is 20.0. The summed E-state index contributed by atoms with van der Waals surface area (Å²) in [6, 6.07) is 2.15. The van der Waals surface area contributed by atoms with Crippen molar-refractivity contribution in [2.45, 2.75) is 82.1 Å². The molecule has 2 N–H and O–H groups in total. The minimum absolute atomic E-state index is 0.0905. The molecular weight excluding hydrogens is 452 g/mol. The molecule has 3 fully saturated rings. The molecule has 188 valence electrons. The zero-order chi connectivity index (χ0) is 24.0. The minimum atomic E-state index is -2.96. The molecule has 2 aromatic rings. The molecule has 4 heterocycles. The number of aromatic amines is 1. The number of nitrogens with one attached hydrogen (secondary N) is 2. The fraction of sp³-hybridized carbons (Fsp3) is 0.680. The number of rotatable bonds is 6. The van der Waals surface area contributed by atoms with Gasteiger partial charge in [-0.2, -0.15) is 10.1 Å². The Balaban J connectivity index is 1.31. The molecule has 8 nitrogen and oxygen atoms in total. The molecule has 2 aromatic heterocycles. The van der Waals surface area contributed by atoms with Gasteiger partial charge in [0.15, 0.2) is 5.82 Å². The van der Waals surface area contributed by atoms with Gasteiger partial charge in [-0.1, -0.05) is 12.8 Å². The number of alkyl halides is 2. The normalized spacial score (nSPS) is 26.3. The summed E-state index contributed by atoms with van der Waals surface area (Å²) in [7, 11) is 0. The Kier molecular flexibility index (Phi) is 5.84. The van der Waals surface area contributed by atoms with Crippen LogP contribution in [0.1, 0.15) is 80.7 Å². The molecule has 2 aliphatic heterocycles. The molecule has 0 spiro atoms. The second-order valence-corrected chi connectivity index (χ2v) is 10.6. The number of carbonyl (C=O) groups excluding carboxylic acids is 1. The summed E-state index contributed by atoms with van der Waals surface area (Å²) in [6.45, 7) is 2.33. The van der Waals surface area contributed by atoms with Gasteiger partial charge in [-0.3, -0.25) is 9.89 Å². The largest absolute Gasteiger partial charge is 0.345 e. The third-order valence-corrected chi connectivity index (χ3v) is 8.39. The van der Waals surface area contributed by atoms with Crippen LogP contribution < -0.4 is 10.2 Å². The van der Waals surface area contributed by atoms with Crippen LogP contribution in [0, 0.1) is 5.92 Å². The lowest BCUT2D eigenvalue weighted by atomic mass is 9.89. The second kappa shape index (κ2) is 9.02. The molecule has 2 saturated heterocycles. The van der Waals surface area contributed by atoms with Crippen LogP contribution in [0.4, 0.5) is 26.4 Å². The van der Waals surface area contributed by atoms with Gasteiger partial charge in [0.1, 0.15) is 5.82 Å². The Morgan fingerprint density at radius 1 is 1.09 bits per heavy atom. The van der Waals surface area contributed by atoms with Crippen LogP contribution in [0.3, 0.4) is 0 Å². The standard InChI is InChI=1S/C25H33F2N7O/c26-25(27)10-9-18-22(25)23(29-21-13-19(31-32-21)16-5-1-2-6-16)30-24(28-18)34-12-4-8-20(34)17-7-3-11-33(14-17)15-35/h13,15-17,20H,1-12,14H2,(H2,28,29,30,31,32). The van der Waals surface area contributed by atoms with E-state index in [1.165, 1.54) is 12.8 Å². The van der Waals surface area contributed by atoms with Crippen LogP contribution in [0.15, 0.2) is 6.07 Å². The highest BCUT2D eigenvalue weighted by Crippen LogP contribution is 2.46. The number of carbonyl (C=O) groups is 1. The number of aromatic nitrogens is 4. The van der Waals surface area contributed by atoms with Crippen LogP contribution in [-0.2, 0) is 17.1 Å². The number of fused-ring (bicyclic) bond motifs is 1. The Bertz CT molecular complexity index is 1080. The molecule has 1 amide bonds. The number of H-pyrrole nitrogens is 1. The molecule has 0 bridgehead atoms. The lowest BCUT2D eigenvalue weighted by Crippen LogP contribution is -2.45. The van der Waals surface area contributed by atoms with E-state index >= 15 is 0 Å². The molecule has 0 aromatic carbocycles. The van der Waals surface area contributed by atoms with Crippen LogP contribution in [0.5, 0.6) is 0 Å². The lowest BCUT2D eigenvalue weighted by molar-refractivity contribution is -0.119. The summed E-state index contributed by atoms with van der Waals surface area (Å²) in [4.78, 5) is 24.8. The molecule has 2 aliphatic carbocycles. The van der Waals surface area contributed by atoms with Crippen molar-refractivity contribution >= 4 is 24.0 Å². The first-order valence-corrected chi connectivity index (χ1v) is 13.1. The zero-order valence-electron chi connectivity index (χ0n) is 20.0. The number of amides is 1. The van der Waals surface area contributed by atoms with Crippen molar-refractivity contribution in [3.8, 4) is 0 Å². The van der Waals surface area contributed by atoms with Gasteiger partial charge in [0.05, 0.1) is 11.3 Å². The number of hydrogen-bond acceptors (Lipinski definition) is 6. The highest BCUT2D eigenvalue weighted by Gasteiger charge is 2.45. The van der Waals surface area contributed by atoms with Gasteiger partial charge >= 0.3 is 0 Å².